The Balaban J connectivity index is 2.54. The molecule has 1 aromatic rings. The van der Waals surface area contributed by atoms with Gasteiger partial charge >= 0.3 is 12.1 Å². The van der Waals surface area contributed by atoms with E-state index in [-0.39, 0.29) is 13.0 Å². The van der Waals surface area contributed by atoms with E-state index in [4.69, 9.17) is 14.6 Å². The smallest absolute Gasteiger partial charge is 0.408 e. The van der Waals surface area contributed by atoms with Crippen molar-refractivity contribution in [3.05, 3.63) is 35.9 Å². The van der Waals surface area contributed by atoms with Crippen LogP contribution >= 0.6 is 0 Å². The molecule has 1 rings (SSSR count). The van der Waals surface area contributed by atoms with Crippen LogP contribution in [0.15, 0.2) is 30.3 Å². The van der Waals surface area contributed by atoms with Crippen molar-refractivity contribution in [2.75, 3.05) is 6.61 Å². The van der Waals surface area contributed by atoms with Crippen LogP contribution in [0.25, 0.3) is 0 Å². The molecule has 1 unspecified atom stereocenters. The van der Waals surface area contributed by atoms with Crippen molar-refractivity contribution in [3.63, 3.8) is 0 Å². The van der Waals surface area contributed by atoms with Crippen LogP contribution in [-0.2, 0) is 25.7 Å². The zero-order valence-corrected chi connectivity index (χ0v) is 14.8. The molecule has 7 nitrogen and oxygen atoms in total. The van der Waals surface area contributed by atoms with Gasteiger partial charge < -0.3 is 19.9 Å². The largest absolute Gasteiger partial charge is 0.481 e. The van der Waals surface area contributed by atoms with Gasteiger partial charge in [0.25, 0.3) is 0 Å². The number of rotatable bonds is 9. The molecule has 0 bridgehead atoms. The quantitative estimate of drug-likeness (QED) is 0.524. The van der Waals surface area contributed by atoms with Crippen molar-refractivity contribution in [1.82, 2.24) is 5.32 Å². The number of alkyl carbamates (subject to hydrolysis) is 1. The number of ketones is 1. The van der Waals surface area contributed by atoms with Gasteiger partial charge in [0.1, 0.15) is 12.0 Å². The Kier molecular flexibility index (Phi) is 8.07. The number of nitrogens with one attached hydrogen (secondary N) is 1. The van der Waals surface area contributed by atoms with Crippen LogP contribution in [0, 0.1) is 0 Å². The second kappa shape index (κ2) is 9.78. The Labute approximate surface area is 147 Å². The third-order valence-corrected chi connectivity index (χ3v) is 3.07. The van der Waals surface area contributed by atoms with Gasteiger partial charge in [-0.25, -0.2) is 4.79 Å². The van der Waals surface area contributed by atoms with Crippen LogP contribution in [0.3, 0.4) is 0 Å². The lowest BCUT2D eigenvalue weighted by Gasteiger charge is -2.23. The number of ether oxygens (including phenoxy) is 2. The Bertz CT molecular complexity index is 579. The topological polar surface area (TPSA) is 102 Å². The van der Waals surface area contributed by atoms with Gasteiger partial charge in [-0.15, -0.1) is 0 Å². The van der Waals surface area contributed by atoms with E-state index in [0.717, 1.165) is 5.56 Å². The molecule has 0 saturated heterocycles. The molecule has 0 radical (unpaired) electrons. The lowest BCUT2D eigenvalue weighted by molar-refractivity contribution is -0.140. The van der Waals surface area contributed by atoms with E-state index in [1.165, 1.54) is 0 Å². The van der Waals surface area contributed by atoms with E-state index in [1.807, 2.05) is 30.3 Å². The predicted octanol–water partition coefficient (Wildman–Crippen LogP) is 2.53. The molecule has 0 aromatic heterocycles. The van der Waals surface area contributed by atoms with Crippen LogP contribution in [0.2, 0.25) is 0 Å². The number of carbonyl (C=O) groups is 3. The van der Waals surface area contributed by atoms with Crippen molar-refractivity contribution in [2.45, 2.75) is 51.9 Å². The van der Waals surface area contributed by atoms with E-state index >= 15 is 0 Å². The summed E-state index contributed by atoms with van der Waals surface area (Å²) in [6.45, 7) is 5.66. The molecule has 7 heteroatoms. The number of carboxylic acids is 1. The van der Waals surface area contributed by atoms with E-state index < -0.39 is 35.9 Å². The standard InChI is InChI=1S/C18H25NO6/c1-18(2,3)25-17(23)19-14(15(20)11-16(21)22)9-10-24-12-13-7-5-4-6-8-13/h4-8,14H,9-12H2,1-3H3,(H,19,23)(H,21,22). The van der Waals surface area contributed by atoms with Crippen LogP contribution in [0.1, 0.15) is 39.2 Å². The maximum absolute atomic E-state index is 12.0. The highest BCUT2D eigenvalue weighted by Crippen LogP contribution is 2.09. The monoisotopic (exact) mass is 351 g/mol. The first-order valence-corrected chi connectivity index (χ1v) is 8.03. The first kappa shape index (κ1) is 20.6. The van der Waals surface area contributed by atoms with Crippen molar-refractivity contribution in [2.24, 2.45) is 0 Å². The minimum Gasteiger partial charge on any atom is -0.481 e. The first-order valence-electron chi connectivity index (χ1n) is 8.03. The summed E-state index contributed by atoms with van der Waals surface area (Å²) in [4.78, 5) is 34.6. The summed E-state index contributed by atoms with van der Waals surface area (Å²) in [6, 6.07) is 8.53. The zero-order valence-electron chi connectivity index (χ0n) is 14.8. The van der Waals surface area contributed by atoms with Gasteiger partial charge in [-0.3, -0.25) is 9.59 Å². The van der Waals surface area contributed by atoms with Gasteiger partial charge in [0, 0.05) is 6.61 Å². The molecule has 0 aliphatic carbocycles. The minimum atomic E-state index is -1.24. The Morgan fingerprint density at radius 3 is 2.36 bits per heavy atom. The summed E-state index contributed by atoms with van der Waals surface area (Å²) in [5.74, 6) is -1.84. The SMILES string of the molecule is CC(C)(C)OC(=O)NC(CCOCc1ccccc1)C(=O)CC(=O)O. The van der Waals surface area contributed by atoms with Gasteiger partial charge in [-0.05, 0) is 32.8 Å². The average molecular weight is 351 g/mol. The molecule has 1 atom stereocenters. The average Bonchev–Trinajstić information content (AvgIpc) is 2.48. The van der Waals surface area contributed by atoms with Gasteiger partial charge in [-0.1, -0.05) is 30.3 Å². The van der Waals surface area contributed by atoms with E-state index in [1.54, 1.807) is 20.8 Å². The molecule has 1 amide bonds. The molecular formula is C18H25NO6. The highest BCUT2D eigenvalue weighted by molar-refractivity contribution is 5.98. The Morgan fingerprint density at radius 1 is 1.16 bits per heavy atom. The third-order valence-electron chi connectivity index (χ3n) is 3.07. The highest BCUT2D eigenvalue weighted by Gasteiger charge is 2.25. The molecule has 0 heterocycles. The number of carboxylic acid groups (broad SMARTS) is 1. The molecular weight excluding hydrogens is 326 g/mol. The fourth-order valence-electron chi connectivity index (χ4n) is 2.00. The number of carbonyl (C=O) groups excluding carboxylic acids is 2. The van der Waals surface area contributed by atoms with Gasteiger partial charge in [0.2, 0.25) is 0 Å². The number of amides is 1. The maximum atomic E-state index is 12.0. The van der Waals surface area contributed by atoms with Crippen molar-refractivity contribution >= 4 is 17.8 Å². The summed E-state index contributed by atoms with van der Waals surface area (Å²) >= 11 is 0. The van der Waals surface area contributed by atoms with Crippen LogP contribution in [-0.4, -0.2) is 41.2 Å². The summed E-state index contributed by atoms with van der Waals surface area (Å²) in [5, 5.41) is 11.2. The Morgan fingerprint density at radius 2 is 1.80 bits per heavy atom. The summed E-state index contributed by atoms with van der Waals surface area (Å²) in [5.41, 5.74) is 0.268. The number of hydrogen-bond donors (Lipinski definition) is 2. The van der Waals surface area contributed by atoms with Gasteiger partial charge in [-0.2, -0.15) is 0 Å². The molecule has 0 spiro atoms. The zero-order chi connectivity index (χ0) is 18.9. The summed E-state index contributed by atoms with van der Waals surface area (Å²) < 4.78 is 10.6. The van der Waals surface area contributed by atoms with Crippen molar-refractivity contribution < 1.29 is 29.0 Å². The molecule has 0 aliphatic heterocycles. The molecule has 0 saturated carbocycles. The fourth-order valence-corrected chi connectivity index (χ4v) is 2.00. The van der Waals surface area contributed by atoms with E-state index in [0.29, 0.717) is 6.61 Å². The molecule has 1 aromatic carbocycles. The van der Waals surface area contributed by atoms with Gasteiger partial charge in [0.15, 0.2) is 5.78 Å². The second-order valence-electron chi connectivity index (χ2n) is 6.56. The number of benzene rings is 1. The third kappa shape index (κ3) is 9.46. The summed E-state index contributed by atoms with van der Waals surface area (Å²) in [7, 11) is 0. The number of Topliss-reactive ketones (excluding diaryl/α,β-unsaturated/α-hetero) is 1. The maximum Gasteiger partial charge on any atom is 0.408 e. The fraction of sp³-hybridized carbons (Fsp3) is 0.500. The van der Waals surface area contributed by atoms with E-state index in [2.05, 4.69) is 5.32 Å². The summed E-state index contributed by atoms with van der Waals surface area (Å²) in [6.07, 6.45) is -1.27. The van der Waals surface area contributed by atoms with E-state index in [9.17, 15) is 14.4 Å². The highest BCUT2D eigenvalue weighted by atomic mass is 16.6. The number of hydrogen-bond acceptors (Lipinski definition) is 5. The van der Waals surface area contributed by atoms with Crippen LogP contribution < -0.4 is 5.32 Å². The second-order valence-corrected chi connectivity index (χ2v) is 6.56. The van der Waals surface area contributed by atoms with Gasteiger partial charge in [0.05, 0.1) is 12.6 Å². The molecule has 138 valence electrons. The predicted molar refractivity (Wildman–Crippen MR) is 91.1 cm³/mol. The number of aliphatic carboxylic acids is 1. The Hall–Kier alpha value is -2.41. The molecule has 2 N–H and O–H groups in total. The lowest BCUT2D eigenvalue weighted by atomic mass is 10.1. The minimum absolute atomic E-state index is 0.165. The van der Waals surface area contributed by atoms with Crippen LogP contribution in [0.4, 0.5) is 4.79 Å². The molecule has 0 aliphatic rings. The van der Waals surface area contributed by atoms with Crippen molar-refractivity contribution in [1.29, 1.82) is 0 Å². The normalized spacial score (nSPS) is 12.3. The molecule has 25 heavy (non-hydrogen) atoms. The lowest BCUT2D eigenvalue weighted by Crippen LogP contribution is -2.44. The van der Waals surface area contributed by atoms with Crippen molar-refractivity contribution in [3.8, 4) is 0 Å². The molecule has 0 fully saturated rings. The van der Waals surface area contributed by atoms with Crippen LogP contribution in [0.5, 0.6) is 0 Å². The first-order chi connectivity index (χ1) is 11.7.